The Morgan fingerprint density at radius 1 is 1.04 bits per heavy atom. The van der Waals surface area contributed by atoms with E-state index in [0.29, 0.717) is 36.3 Å². The van der Waals surface area contributed by atoms with Gasteiger partial charge in [-0.15, -0.1) is 0 Å². The van der Waals surface area contributed by atoms with Crippen LogP contribution in [0.1, 0.15) is 29.3 Å². The molecule has 3 rings (SSSR count). The minimum atomic E-state index is -2.96. The number of alkyl halides is 2. The van der Waals surface area contributed by atoms with Crippen LogP contribution in [0.5, 0.6) is 17.2 Å². The van der Waals surface area contributed by atoms with Crippen LogP contribution in [0.25, 0.3) is 11.1 Å². The van der Waals surface area contributed by atoms with Crippen molar-refractivity contribution in [2.75, 3.05) is 13.7 Å². The molecular weight excluding hydrogens is 330 g/mol. The number of rotatable bonds is 6. The number of hydrogen-bond acceptors (Lipinski definition) is 4. The second-order valence-electron chi connectivity index (χ2n) is 5.54. The fourth-order valence-corrected chi connectivity index (χ4v) is 3.17. The van der Waals surface area contributed by atoms with Crippen molar-refractivity contribution in [3.63, 3.8) is 0 Å². The van der Waals surface area contributed by atoms with Gasteiger partial charge in [-0.2, -0.15) is 8.78 Å². The standard InChI is InChI=1S/C19H18F2O4/c1-3-24-17-14(8-10-16(18(17)23-2)25-19(20)21)11-5-4-6-13-12(11)7-9-15(13)22/h4-6,8,10,19H,3,7,9H2,1-2H3. The maximum absolute atomic E-state index is 12.6. The van der Waals surface area contributed by atoms with Crippen LogP contribution in [0.4, 0.5) is 8.78 Å². The predicted molar refractivity (Wildman–Crippen MR) is 88.9 cm³/mol. The summed E-state index contributed by atoms with van der Waals surface area (Å²) in [6.07, 6.45) is 1.12. The molecule has 0 aliphatic heterocycles. The van der Waals surface area contributed by atoms with E-state index in [4.69, 9.17) is 9.47 Å². The van der Waals surface area contributed by atoms with Crippen molar-refractivity contribution in [3.05, 3.63) is 41.5 Å². The normalized spacial score (nSPS) is 13.1. The number of ether oxygens (including phenoxy) is 3. The second-order valence-corrected chi connectivity index (χ2v) is 5.54. The molecule has 0 fully saturated rings. The average Bonchev–Trinajstić information content (AvgIpc) is 2.97. The summed E-state index contributed by atoms with van der Waals surface area (Å²) in [4.78, 5) is 12.0. The Bertz CT molecular complexity index is 802. The van der Waals surface area contributed by atoms with Crippen molar-refractivity contribution in [3.8, 4) is 28.4 Å². The van der Waals surface area contributed by atoms with E-state index in [1.165, 1.54) is 13.2 Å². The molecule has 0 atom stereocenters. The summed E-state index contributed by atoms with van der Waals surface area (Å²) in [5, 5.41) is 0. The molecule has 0 bridgehead atoms. The smallest absolute Gasteiger partial charge is 0.387 e. The van der Waals surface area contributed by atoms with E-state index < -0.39 is 6.61 Å². The number of methoxy groups -OCH3 is 1. The maximum Gasteiger partial charge on any atom is 0.387 e. The summed E-state index contributed by atoms with van der Waals surface area (Å²) in [5.74, 6) is 0.463. The molecule has 1 aliphatic rings. The molecule has 6 heteroatoms. The number of ketones is 1. The molecule has 132 valence electrons. The fourth-order valence-electron chi connectivity index (χ4n) is 3.17. The molecule has 0 aromatic heterocycles. The molecule has 0 saturated heterocycles. The number of carbonyl (C=O) groups is 1. The van der Waals surface area contributed by atoms with Gasteiger partial charge >= 0.3 is 6.61 Å². The highest BCUT2D eigenvalue weighted by atomic mass is 19.3. The van der Waals surface area contributed by atoms with Crippen LogP contribution in [0, 0.1) is 0 Å². The highest BCUT2D eigenvalue weighted by Crippen LogP contribution is 2.46. The van der Waals surface area contributed by atoms with Gasteiger partial charge in [-0.05, 0) is 36.6 Å². The van der Waals surface area contributed by atoms with Crippen molar-refractivity contribution < 1.29 is 27.8 Å². The van der Waals surface area contributed by atoms with Crippen LogP contribution in [-0.4, -0.2) is 26.1 Å². The molecule has 25 heavy (non-hydrogen) atoms. The Kier molecular flexibility index (Phi) is 4.88. The molecule has 0 saturated carbocycles. The average molecular weight is 348 g/mol. The first-order valence-electron chi connectivity index (χ1n) is 8.00. The summed E-state index contributed by atoms with van der Waals surface area (Å²) in [6, 6.07) is 8.59. The Hall–Kier alpha value is -2.63. The van der Waals surface area contributed by atoms with Gasteiger partial charge in [-0.1, -0.05) is 18.2 Å². The molecule has 0 unspecified atom stereocenters. The summed E-state index contributed by atoms with van der Waals surface area (Å²) >= 11 is 0. The Morgan fingerprint density at radius 3 is 2.48 bits per heavy atom. The van der Waals surface area contributed by atoms with Crippen molar-refractivity contribution in [1.29, 1.82) is 0 Å². The van der Waals surface area contributed by atoms with E-state index in [9.17, 15) is 13.6 Å². The highest BCUT2D eigenvalue weighted by Gasteiger charge is 2.26. The van der Waals surface area contributed by atoms with Crippen LogP contribution >= 0.6 is 0 Å². The van der Waals surface area contributed by atoms with Gasteiger partial charge in [-0.25, -0.2) is 0 Å². The number of benzene rings is 2. The predicted octanol–water partition coefficient (Wildman–Crippen LogP) is 4.49. The summed E-state index contributed by atoms with van der Waals surface area (Å²) < 4.78 is 40.8. The lowest BCUT2D eigenvalue weighted by Gasteiger charge is -2.19. The molecule has 0 spiro atoms. The molecule has 0 amide bonds. The Morgan fingerprint density at radius 2 is 1.80 bits per heavy atom. The summed E-state index contributed by atoms with van der Waals surface area (Å²) in [6.45, 7) is -0.842. The first-order chi connectivity index (χ1) is 12.1. The van der Waals surface area contributed by atoms with E-state index in [0.717, 1.165) is 11.1 Å². The Balaban J connectivity index is 2.19. The van der Waals surface area contributed by atoms with E-state index in [-0.39, 0.29) is 17.3 Å². The lowest BCUT2D eigenvalue weighted by Crippen LogP contribution is -2.06. The number of hydrogen-bond donors (Lipinski definition) is 0. The molecule has 1 aliphatic carbocycles. The highest BCUT2D eigenvalue weighted by molar-refractivity contribution is 6.02. The third kappa shape index (κ3) is 3.16. The summed E-state index contributed by atoms with van der Waals surface area (Å²) in [5.41, 5.74) is 3.17. The van der Waals surface area contributed by atoms with E-state index in [2.05, 4.69) is 4.74 Å². The van der Waals surface area contributed by atoms with E-state index in [1.807, 2.05) is 12.1 Å². The van der Waals surface area contributed by atoms with Crippen molar-refractivity contribution in [2.24, 2.45) is 0 Å². The van der Waals surface area contributed by atoms with Crippen molar-refractivity contribution in [2.45, 2.75) is 26.4 Å². The lowest BCUT2D eigenvalue weighted by molar-refractivity contribution is -0.0513. The minimum absolute atomic E-state index is 0.0895. The van der Waals surface area contributed by atoms with Crippen LogP contribution in [0.3, 0.4) is 0 Å². The van der Waals surface area contributed by atoms with Gasteiger partial charge in [0.25, 0.3) is 0 Å². The van der Waals surface area contributed by atoms with Gasteiger partial charge in [-0.3, -0.25) is 4.79 Å². The number of fused-ring (bicyclic) bond motifs is 1. The molecular formula is C19H18F2O4. The van der Waals surface area contributed by atoms with Crippen LogP contribution in [0.15, 0.2) is 30.3 Å². The molecule has 2 aromatic rings. The zero-order valence-electron chi connectivity index (χ0n) is 14.0. The van der Waals surface area contributed by atoms with E-state index in [1.54, 1.807) is 19.1 Å². The van der Waals surface area contributed by atoms with Crippen LogP contribution in [0.2, 0.25) is 0 Å². The minimum Gasteiger partial charge on any atom is -0.490 e. The monoisotopic (exact) mass is 348 g/mol. The van der Waals surface area contributed by atoms with E-state index >= 15 is 0 Å². The fraction of sp³-hybridized carbons (Fsp3) is 0.316. The molecule has 4 nitrogen and oxygen atoms in total. The SMILES string of the molecule is CCOc1c(-c2cccc3c2CCC3=O)ccc(OC(F)F)c1OC. The first-order valence-corrected chi connectivity index (χ1v) is 8.00. The van der Waals surface area contributed by atoms with Crippen LogP contribution < -0.4 is 14.2 Å². The lowest BCUT2D eigenvalue weighted by atomic mass is 9.95. The van der Waals surface area contributed by atoms with Crippen molar-refractivity contribution >= 4 is 5.78 Å². The molecule has 0 N–H and O–H groups in total. The molecule has 2 aromatic carbocycles. The third-order valence-electron chi connectivity index (χ3n) is 4.15. The van der Waals surface area contributed by atoms with Gasteiger partial charge in [0.1, 0.15) is 0 Å². The zero-order valence-corrected chi connectivity index (χ0v) is 14.0. The quantitative estimate of drug-likeness (QED) is 0.771. The van der Waals surface area contributed by atoms with Gasteiger partial charge in [0, 0.05) is 17.5 Å². The zero-order chi connectivity index (χ0) is 18.0. The van der Waals surface area contributed by atoms with Crippen molar-refractivity contribution in [1.82, 2.24) is 0 Å². The first kappa shape index (κ1) is 17.2. The number of halogens is 2. The molecule has 0 heterocycles. The van der Waals surface area contributed by atoms with Gasteiger partial charge in [0.05, 0.1) is 13.7 Å². The van der Waals surface area contributed by atoms with Crippen LogP contribution in [-0.2, 0) is 6.42 Å². The number of carbonyl (C=O) groups excluding carboxylic acids is 1. The summed E-state index contributed by atoms with van der Waals surface area (Å²) in [7, 11) is 1.37. The van der Waals surface area contributed by atoms with Gasteiger partial charge in [0.15, 0.2) is 17.3 Å². The van der Waals surface area contributed by atoms with Gasteiger partial charge < -0.3 is 14.2 Å². The number of Topliss-reactive ketones (excluding diaryl/α,β-unsaturated/α-hetero) is 1. The second kappa shape index (κ2) is 7.09. The topological polar surface area (TPSA) is 44.8 Å². The third-order valence-corrected chi connectivity index (χ3v) is 4.15. The molecule has 0 radical (unpaired) electrons. The Labute approximate surface area is 144 Å². The maximum atomic E-state index is 12.6. The van der Waals surface area contributed by atoms with Gasteiger partial charge in [0.2, 0.25) is 5.75 Å². The largest absolute Gasteiger partial charge is 0.490 e.